The summed E-state index contributed by atoms with van der Waals surface area (Å²) >= 11 is 0. The van der Waals surface area contributed by atoms with Crippen molar-refractivity contribution in [2.45, 2.75) is 46.0 Å². The van der Waals surface area contributed by atoms with E-state index >= 15 is 0 Å². The SMILES string of the molecule is Cc1ccc2c(c1)C(CC(=O)O)CC(C)(C)C2. The molecule has 1 atom stereocenters. The first-order valence-corrected chi connectivity index (χ1v) is 6.19. The zero-order chi connectivity index (χ0) is 12.6. The first-order chi connectivity index (χ1) is 7.87. The molecular weight excluding hydrogens is 212 g/mol. The van der Waals surface area contributed by atoms with Gasteiger partial charge in [0.05, 0.1) is 6.42 Å². The molecule has 0 amide bonds. The van der Waals surface area contributed by atoms with Crippen LogP contribution in [-0.4, -0.2) is 11.1 Å². The Bertz CT molecular complexity index is 446. The highest BCUT2D eigenvalue weighted by molar-refractivity contribution is 5.68. The Hall–Kier alpha value is -1.31. The van der Waals surface area contributed by atoms with Gasteiger partial charge < -0.3 is 5.11 Å². The van der Waals surface area contributed by atoms with Crippen molar-refractivity contribution in [3.8, 4) is 0 Å². The van der Waals surface area contributed by atoms with Gasteiger partial charge in [-0.3, -0.25) is 4.79 Å². The van der Waals surface area contributed by atoms with Crippen molar-refractivity contribution in [3.63, 3.8) is 0 Å². The maximum absolute atomic E-state index is 11.0. The Morgan fingerprint density at radius 3 is 2.82 bits per heavy atom. The van der Waals surface area contributed by atoms with Crippen molar-refractivity contribution in [3.05, 3.63) is 34.9 Å². The van der Waals surface area contributed by atoms with Crippen molar-refractivity contribution >= 4 is 5.97 Å². The Kier molecular flexibility index (Phi) is 2.98. The number of carboxylic acids is 1. The zero-order valence-electron chi connectivity index (χ0n) is 10.8. The van der Waals surface area contributed by atoms with E-state index in [0.717, 1.165) is 12.8 Å². The molecule has 1 aromatic carbocycles. The van der Waals surface area contributed by atoms with E-state index in [0.29, 0.717) is 0 Å². The van der Waals surface area contributed by atoms with Crippen molar-refractivity contribution < 1.29 is 9.90 Å². The van der Waals surface area contributed by atoms with Crippen molar-refractivity contribution in [2.24, 2.45) is 5.41 Å². The predicted molar refractivity (Wildman–Crippen MR) is 68.3 cm³/mol. The smallest absolute Gasteiger partial charge is 0.303 e. The Morgan fingerprint density at radius 1 is 1.47 bits per heavy atom. The maximum atomic E-state index is 11.0. The van der Waals surface area contributed by atoms with Gasteiger partial charge >= 0.3 is 5.97 Å². The molecule has 0 saturated carbocycles. The van der Waals surface area contributed by atoms with Crippen molar-refractivity contribution in [2.75, 3.05) is 0 Å². The highest BCUT2D eigenvalue weighted by Gasteiger charge is 2.33. The van der Waals surface area contributed by atoms with E-state index in [4.69, 9.17) is 5.11 Å². The van der Waals surface area contributed by atoms with Crippen LogP contribution in [-0.2, 0) is 11.2 Å². The van der Waals surface area contributed by atoms with E-state index in [-0.39, 0.29) is 17.8 Å². The number of carboxylic acid groups (broad SMARTS) is 1. The molecule has 0 bridgehead atoms. The molecule has 2 heteroatoms. The summed E-state index contributed by atoms with van der Waals surface area (Å²) in [5.41, 5.74) is 4.02. The summed E-state index contributed by atoms with van der Waals surface area (Å²) in [5.74, 6) is -0.522. The molecular formula is C15H20O2. The second kappa shape index (κ2) is 4.17. The molecule has 0 aromatic heterocycles. The van der Waals surface area contributed by atoms with Gasteiger partial charge in [0.1, 0.15) is 0 Å². The molecule has 1 aliphatic carbocycles. The van der Waals surface area contributed by atoms with Crippen LogP contribution in [0.3, 0.4) is 0 Å². The number of fused-ring (bicyclic) bond motifs is 1. The minimum absolute atomic E-state index is 0.172. The molecule has 2 nitrogen and oxygen atoms in total. The zero-order valence-corrected chi connectivity index (χ0v) is 10.8. The van der Waals surface area contributed by atoms with Crippen LogP contribution in [0.15, 0.2) is 18.2 Å². The van der Waals surface area contributed by atoms with E-state index in [2.05, 4.69) is 39.0 Å². The Morgan fingerprint density at radius 2 is 2.18 bits per heavy atom. The highest BCUT2D eigenvalue weighted by Crippen LogP contribution is 2.43. The lowest BCUT2D eigenvalue weighted by atomic mass is 9.68. The van der Waals surface area contributed by atoms with E-state index < -0.39 is 5.97 Å². The fraction of sp³-hybridized carbons (Fsp3) is 0.533. The second-order valence-electron chi connectivity index (χ2n) is 6.04. The molecule has 92 valence electrons. The van der Waals surface area contributed by atoms with E-state index in [1.54, 1.807) is 0 Å². The number of hydrogen-bond donors (Lipinski definition) is 1. The van der Waals surface area contributed by atoms with Gasteiger partial charge in [0.25, 0.3) is 0 Å². The molecule has 1 unspecified atom stereocenters. The summed E-state index contributed by atoms with van der Waals surface area (Å²) in [6.07, 6.45) is 2.27. The summed E-state index contributed by atoms with van der Waals surface area (Å²) in [6.45, 7) is 6.52. The first-order valence-electron chi connectivity index (χ1n) is 6.19. The molecule has 1 N–H and O–H groups in total. The van der Waals surface area contributed by atoms with Crippen LogP contribution >= 0.6 is 0 Å². The number of hydrogen-bond acceptors (Lipinski definition) is 1. The molecule has 0 fully saturated rings. The topological polar surface area (TPSA) is 37.3 Å². The molecule has 1 aromatic rings. The lowest BCUT2D eigenvalue weighted by Crippen LogP contribution is -2.27. The fourth-order valence-electron chi connectivity index (χ4n) is 3.01. The first kappa shape index (κ1) is 12.2. The van der Waals surface area contributed by atoms with Gasteiger partial charge in [-0.05, 0) is 42.2 Å². The van der Waals surface area contributed by atoms with E-state index in [1.165, 1.54) is 16.7 Å². The normalized spacial score (nSPS) is 21.9. The molecule has 0 heterocycles. The average molecular weight is 232 g/mol. The van der Waals surface area contributed by atoms with Crippen molar-refractivity contribution in [1.82, 2.24) is 0 Å². The predicted octanol–water partition coefficient (Wildman–Crippen LogP) is 3.53. The molecule has 0 saturated heterocycles. The lowest BCUT2D eigenvalue weighted by molar-refractivity contribution is -0.137. The third-order valence-electron chi connectivity index (χ3n) is 3.63. The van der Waals surface area contributed by atoms with Crippen LogP contribution in [0.1, 0.15) is 49.3 Å². The van der Waals surface area contributed by atoms with Crippen LogP contribution in [0.4, 0.5) is 0 Å². The Labute approximate surface area is 103 Å². The van der Waals surface area contributed by atoms with Gasteiger partial charge in [-0.25, -0.2) is 0 Å². The molecule has 2 rings (SSSR count). The third kappa shape index (κ3) is 2.68. The van der Waals surface area contributed by atoms with Gasteiger partial charge in [-0.2, -0.15) is 0 Å². The largest absolute Gasteiger partial charge is 0.481 e. The Balaban J connectivity index is 2.40. The van der Waals surface area contributed by atoms with Crippen LogP contribution in [0.5, 0.6) is 0 Å². The number of aryl methyl sites for hydroxylation is 1. The highest BCUT2D eigenvalue weighted by atomic mass is 16.4. The lowest BCUT2D eigenvalue weighted by Gasteiger charge is -2.36. The van der Waals surface area contributed by atoms with Crippen LogP contribution in [0, 0.1) is 12.3 Å². The summed E-state index contributed by atoms with van der Waals surface area (Å²) in [4.78, 5) is 11.0. The quantitative estimate of drug-likeness (QED) is 0.847. The molecule has 17 heavy (non-hydrogen) atoms. The van der Waals surface area contributed by atoms with Gasteiger partial charge in [-0.1, -0.05) is 37.6 Å². The van der Waals surface area contributed by atoms with Gasteiger partial charge in [0, 0.05) is 0 Å². The minimum atomic E-state index is -0.694. The van der Waals surface area contributed by atoms with Crippen LogP contribution < -0.4 is 0 Å². The van der Waals surface area contributed by atoms with Gasteiger partial charge in [0.2, 0.25) is 0 Å². The van der Waals surface area contributed by atoms with E-state index in [1.807, 2.05) is 0 Å². The third-order valence-corrected chi connectivity index (χ3v) is 3.63. The second-order valence-corrected chi connectivity index (χ2v) is 6.04. The van der Waals surface area contributed by atoms with Crippen LogP contribution in [0.2, 0.25) is 0 Å². The summed E-state index contributed by atoms with van der Waals surface area (Å²) < 4.78 is 0. The minimum Gasteiger partial charge on any atom is -0.481 e. The summed E-state index contributed by atoms with van der Waals surface area (Å²) in [6, 6.07) is 6.46. The van der Waals surface area contributed by atoms with E-state index in [9.17, 15) is 4.79 Å². The maximum Gasteiger partial charge on any atom is 0.303 e. The van der Waals surface area contributed by atoms with Crippen LogP contribution in [0.25, 0.3) is 0 Å². The van der Waals surface area contributed by atoms with Crippen molar-refractivity contribution in [1.29, 1.82) is 0 Å². The number of benzene rings is 1. The molecule has 0 spiro atoms. The summed E-state index contributed by atoms with van der Waals surface area (Å²) in [7, 11) is 0. The summed E-state index contributed by atoms with van der Waals surface area (Å²) in [5, 5.41) is 9.03. The number of rotatable bonds is 2. The average Bonchev–Trinajstić information content (AvgIpc) is 2.17. The number of aliphatic carboxylic acids is 1. The van der Waals surface area contributed by atoms with Gasteiger partial charge in [0.15, 0.2) is 0 Å². The fourth-order valence-corrected chi connectivity index (χ4v) is 3.01. The standard InChI is InChI=1S/C15H20O2/c1-10-4-5-11-8-15(2,3)9-12(7-14(16)17)13(11)6-10/h4-6,12H,7-9H2,1-3H3,(H,16,17). The van der Waals surface area contributed by atoms with Gasteiger partial charge in [-0.15, -0.1) is 0 Å². The monoisotopic (exact) mass is 232 g/mol. The molecule has 1 aliphatic rings. The molecule has 0 aliphatic heterocycles. The number of carbonyl (C=O) groups is 1. The molecule has 0 radical (unpaired) electrons.